The quantitative estimate of drug-likeness (QED) is 0.383. The van der Waals surface area contributed by atoms with E-state index in [0.29, 0.717) is 12.5 Å². The van der Waals surface area contributed by atoms with Crippen LogP contribution in [-0.2, 0) is 6.42 Å². The molecule has 0 fully saturated rings. The van der Waals surface area contributed by atoms with Crippen LogP contribution in [0.1, 0.15) is 19.4 Å². The molecule has 136 valence electrons. The summed E-state index contributed by atoms with van der Waals surface area (Å²) in [5.74, 6) is 1.30. The highest BCUT2D eigenvalue weighted by molar-refractivity contribution is 14.0. The number of nitrogens with one attached hydrogen (secondary N) is 2. The number of ether oxygens (including phenoxy) is 1. The van der Waals surface area contributed by atoms with Gasteiger partial charge in [0.15, 0.2) is 5.96 Å². The van der Waals surface area contributed by atoms with E-state index in [2.05, 4.69) is 15.6 Å². The molecular formula is C19H25FIN3O. The van der Waals surface area contributed by atoms with Crippen molar-refractivity contribution in [2.24, 2.45) is 4.99 Å². The normalized spacial score (nSPS) is 11.0. The Kier molecular flexibility index (Phi) is 9.26. The Balaban J connectivity index is 0.00000312. The maximum absolute atomic E-state index is 13.2. The van der Waals surface area contributed by atoms with Gasteiger partial charge < -0.3 is 15.4 Å². The fraction of sp³-hybridized carbons (Fsp3) is 0.316. The van der Waals surface area contributed by atoms with Crippen LogP contribution in [0.3, 0.4) is 0 Å². The van der Waals surface area contributed by atoms with Gasteiger partial charge >= 0.3 is 0 Å². The third-order valence-electron chi connectivity index (χ3n) is 3.31. The molecule has 0 radical (unpaired) electrons. The smallest absolute Gasteiger partial charge is 0.195 e. The molecule has 2 aromatic rings. The highest BCUT2D eigenvalue weighted by Gasteiger charge is 2.02. The van der Waals surface area contributed by atoms with E-state index in [1.165, 1.54) is 6.07 Å². The molecule has 2 N–H and O–H groups in total. The lowest BCUT2D eigenvalue weighted by molar-refractivity contribution is 0.242. The van der Waals surface area contributed by atoms with Crippen molar-refractivity contribution in [3.05, 3.63) is 59.9 Å². The van der Waals surface area contributed by atoms with Gasteiger partial charge in [0.1, 0.15) is 11.6 Å². The van der Waals surface area contributed by atoms with Crippen LogP contribution in [0.15, 0.2) is 53.5 Å². The first-order valence-corrected chi connectivity index (χ1v) is 8.05. The van der Waals surface area contributed by atoms with E-state index in [-0.39, 0.29) is 35.9 Å². The third-order valence-corrected chi connectivity index (χ3v) is 3.31. The van der Waals surface area contributed by atoms with E-state index in [4.69, 9.17) is 4.74 Å². The summed E-state index contributed by atoms with van der Waals surface area (Å²) in [6.45, 7) is 4.66. The second-order valence-corrected chi connectivity index (χ2v) is 5.69. The summed E-state index contributed by atoms with van der Waals surface area (Å²) < 4.78 is 18.8. The number of guanidine groups is 1. The van der Waals surface area contributed by atoms with Crippen molar-refractivity contribution in [2.75, 3.05) is 18.9 Å². The number of halogens is 2. The maximum atomic E-state index is 13.2. The zero-order valence-corrected chi connectivity index (χ0v) is 17.1. The van der Waals surface area contributed by atoms with Crippen LogP contribution < -0.4 is 15.4 Å². The number of hydrogen-bond acceptors (Lipinski definition) is 2. The van der Waals surface area contributed by atoms with Crippen molar-refractivity contribution < 1.29 is 9.13 Å². The summed E-state index contributed by atoms with van der Waals surface area (Å²) in [7, 11) is 1.72. The molecular weight excluding hydrogens is 432 g/mol. The number of rotatable bonds is 6. The lowest BCUT2D eigenvalue weighted by atomic mass is 10.1. The number of aliphatic imine (C=N–C) groups is 1. The zero-order chi connectivity index (χ0) is 17.4. The fourth-order valence-electron chi connectivity index (χ4n) is 2.22. The predicted molar refractivity (Wildman–Crippen MR) is 113 cm³/mol. The molecule has 2 aromatic carbocycles. The van der Waals surface area contributed by atoms with Gasteiger partial charge in [-0.3, -0.25) is 4.99 Å². The summed E-state index contributed by atoms with van der Waals surface area (Å²) in [5, 5.41) is 6.43. The number of hydrogen-bond donors (Lipinski definition) is 2. The molecule has 6 heteroatoms. The second kappa shape index (κ2) is 10.9. The molecule has 0 aliphatic rings. The molecule has 0 saturated heterocycles. The van der Waals surface area contributed by atoms with Gasteiger partial charge in [0.05, 0.1) is 6.10 Å². The average Bonchev–Trinajstić information content (AvgIpc) is 2.55. The third kappa shape index (κ3) is 7.72. The van der Waals surface area contributed by atoms with Gasteiger partial charge in [0, 0.05) is 19.3 Å². The fourth-order valence-corrected chi connectivity index (χ4v) is 2.22. The van der Waals surface area contributed by atoms with Crippen LogP contribution in [-0.4, -0.2) is 25.7 Å². The number of anilines is 1. The van der Waals surface area contributed by atoms with Crippen molar-refractivity contribution in [1.82, 2.24) is 5.32 Å². The molecule has 0 unspecified atom stereocenters. The van der Waals surface area contributed by atoms with E-state index in [9.17, 15) is 4.39 Å². The van der Waals surface area contributed by atoms with Gasteiger partial charge in [-0.1, -0.05) is 12.1 Å². The van der Waals surface area contributed by atoms with Gasteiger partial charge in [-0.05, 0) is 62.2 Å². The van der Waals surface area contributed by atoms with Crippen molar-refractivity contribution in [2.45, 2.75) is 26.4 Å². The lowest BCUT2D eigenvalue weighted by Gasteiger charge is -2.13. The van der Waals surface area contributed by atoms with Crippen LogP contribution in [0, 0.1) is 5.82 Å². The molecule has 0 amide bonds. The topological polar surface area (TPSA) is 45.7 Å². The number of benzene rings is 2. The molecule has 0 bridgehead atoms. The molecule has 4 nitrogen and oxygen atoms in total. The highest BCUT2D eigenvalue weighted by Crippen LogP contribution is 2.16. The van der Waals surface area contributed by atoms with Crippen LogP contribution >= 0.6 is 24.0 Å². The summed E-state index contributed by atoms with van der Waals surface area (Å²) >= 11 is 0. The van der Waals surface area contributed by atoms with Crippen LogP contribution in [0.5, 0.6) is 5.75 Å². The predicted octanol–water partition coefficient (Wildman–Crippen LogP) is 4.46. The van der Waals surface area contributed by atoms with Crippen molar-refractivity contribution in [3.8, 4) is 5.75 Å². The monoisotopic (exact) mass is 457 g/mol. The summed E-state index contributed by atoms with van der Waals surface area (Å²) in [6, 6.07) is 14.3. The first kappa shape index (κ1) is 21.2. The van der Waals surface area contributed by atoms with E-state index in [0.717, 1.165) is 23.4 Å². The molecule has 0 aliphatic carbocycles. The minimum atomic E-state index is -0.210. The molecule has 25 heavy (non-hydrogen) atoms. The Bertz CT molecular complexity index is 675. The molecule has 0 spiro atoms. The van der Waals surface area contributed by atoms with Crippen LogP contribution in [0.4, 0.5) is 10.1 Å². The Morgan fingerprint density at radius 1 is 1.16 bits per heavy atom. The van der Waals surface area contributed by atoms with E-state index in [1.807, 2.05) is 44.2 Å². The SMILES string of the molecule is CN=C(NCCc1cccc(F)c1)Nc1ccc(OC(C)C)cc1.I. The average molecular weight is 457 g/mol. The van der Waals surface area contributed by atoms with Gasteiger partial charge in [0.2, 0.25) is 0 Å². The molecule has 0 aliphatic heterocycles. The molecule has 0 saturated carbocycles. The number of nitrogens with zero attached hydrogens (tertiary/aromatic N) is 1. The van der Waals surface area contributed by atoms with E-state index in [1.54, 1.807) is 19.2 Å². The largest absolute Gasteiger partial charge is 0.491 e. The molecule has 0 aromatic heterocycles. The lowest BCUT2D eigenvalue weighted by Crippen LogP contribution is -2.32. The minimum Gasteiger partial charge on any atom is -0.491 e. The zero-order valence-electron chi connectivity index (χ0n) is 14.8. The van der Waals surface area contributed by atoms with Gasteiger partial charge in [-0.2, -0.15) is 0 Å². The summed E-state index contributed by atoms with van der Waals surface area (Å²) in [4.78, 5) is 4.19. The van der Waals surface area contributed by atoms with Crippen molar-refractivity contribution in [3.63, 3.8) is 0 Å². The molecule has 0 heterocycles. The van der Waals surface area contributed by atoms with Crippen molar-refractivity contribution >= 4 is 35.6 Å². The highest BCUT2D eigenvalue weighted by atomic mass is 127. The standard InChI is InChI=1S/C19H24FN3O.HI/c1-14(2)24-18-9-7-17(8-10-18)23-19(21-3)22-12-11-15-5-4-6-16(20)13-15;/h4-10,13-14H,11-12H2,1-3H3,(H2,21,22,23);1H. The van der Waals surface area contributed by atoms with E-state index < -0.39 is 0 Å². The second-order valence-electron chi connectivity index (χ2n) is 5.69. The minimum absolute atomic E-state index is 0. The van der Waals surface area contributed by atoms with Gasteiger partial charge in [0.25, 0.3) is 0 Å². The van der Waals surface area contributed by atoms with E-state index >= 15 is 0 Å². The maximum Gasteiger partial charge on any atom is 0.195 e. The molecule has 0 atom stereocenters. The summed E-state index contributed by atoms with van der Waals surface area (Å²) in [5.41, 5.74) is 1.87. The van der Waals surface area contributed by atoms with Crippen molar-refractivity contribution in [1.29, 1.82) is 0 Å². The molecule has 2 rings (SSSR count). The van der Waals surface area contributed by atoms with Crippen LogP contribution in [0.25, 0.3) is 0 Å². The first-order chi connectivity index (χ1) is 11.6. The summed E-state index contributed by atoms with van der Waals surface area (Å²) in [6.07, 6.45) is 0.876. The Labute approximate surface area is 165 Å². The first-order valence-electron chi connectivity index (χ1n) is 8.05. The van der Waals surface area contributed by atoms with Gasteiger partial charge in [-0.25, -0.2) is 4.39 Å². The van der Waals surface area contributed by atoms with Gasteiger partial charge in [-0.15, -0.1) is 24.0 Å². The Hall–Kier alpha value is -1.83. The Morgan fingerprint density at radius 2 is 1.88 bits per heavy atom. The Morgan fingerprint density at radius 3 is 2.48 bits per heavy atom. The van der Waals surface area contributed by atoms with Crippen LogP contribution in [0.2, 0.25) is 0 Å².